The first-order valence-electron chi connectivity index (χ1n) is 30.3. The van der Waals surface area contributed by atoms with Crippen LogP contribution in [0.1, 0.15) is 90.3 Å². The van der Waals surface area contributed by atoms with Crippen LogP contribution in [0.4, 0.5) is 0 Å². The molecule has 0 aromatic heterocycles. The van der Waals surface area contributed by atoms with Crippen LogP contribution in [0.25, 0.3) is 10.4 Å². The van der Waals surface area contributed by atoms with E-state index in [0.29, 0.717) is 26.4 Å². The third-order valence-corrected chi connectivity index (χ3v) is 15.2. The summed E-state index contributed by atoms with van der Waals surface area (Å²) >= 11 is 0. The molecule has 0 unspecified atom stereocenters. The van der Waals surface area contributed by atoms with Crippen LogP contribution in [0.5, 0.6) is 0 Å². The number of azide groups is 1. The predicted molar refractivity (Wildman–Crippen MR) is 326 cm³/mol. The van der Waals surface area contributed by atoms with Gasteiger partial charge in [-0.15, -0.1) is 0 Å². The van der Waals surface area contributed by atoms with Crippen molar-refractivity contribution in [3.8, 4) is 0 Å². The van der Waals surface area contributed by atoms with Gasteiger partial charge >= 0.3 is 0 Å². The van der Waals surface area contributed by atoms with Crippen molar-refractivity contribution in [2.45, 2.75) is 159 Å². The zero-order valence-electron chi connectivity index (χ0n) is 48.7. The molecule has 0 aliphatic carbocycles. The van der Waals surface area contributed by atoms with Crippen LogP contribution < -0.4 is 0 Å². The van der Waals surface area contributed by atoms with Gasteiger partial charge < -0.3 is 52.1 Å². The van der Waals surface area contributed by atoms with E-state index >= 15 is 0 Å². The zero-order valence-corrected chi connectivity index (χ0v) is 48.7. The Labute approximate surface area is 502 Å². The molecule has 2 saturated heterocycles. The SMILES string of the molecule is [N-]=[N+]=NCCCCCCCCCCO[C@@H]1O[C@H](COCc2ccccc2)[C@H](O[C@H]2O[C@H](COCc3ccccc3)[C@H](OCc3ccccc3)[C@H](OCc3ccccc3)[C@H]2OCc2ccccc2)[C@H](OCc2ccccc2)[C@H]1OCc1ccccc1. The van der Waals surface area contributed by atoms with Gasteiger partial charge in [-0.25, -0.2) is 0 Å². The van der Waals surface area contributed by atoms with Crippen LogP contribution in [0.2, 0.25) is 0 Å². The Hall–Kier alpha value is -6.59. The Morgan fingerprint density at radius 3 is 1.02 bits per heavy atom. The molecule has 14 nitrogen and oxygen atoms in total. The molecule has 7 aromatic carbocycles. The number of hydrogen-bond acceptors (Lipinski definition) is 12. The highest BCUT2D eigenvalue weighted by atomic mass is 16.8. The summed E-state index contributed by atoms with van der Waals surface area (Å²) in [6, 6.07) is 70.7. The number of benzene rings is 7. The van der Waals surface area contributed by atoms with Crippen LogP contribution in [-0.2, 0) is 98.4 Å². The van der Waals surface area contributed by atoms with Crippen molar-refractivity contribution < 1.29 is 52.1 Å². The molecule has 2 heterocycles. The van der Waals surface area contributed by atoms with Crippen LogP contribution in [0.15, 0.2) is 217 Å². The molecule has 7 aromatic rings. The summed E-state index contributed by atoms with van der Waals surface area (Å²) in [5.41, 5.74) is 15.6. The Kier molecular flexibility index (Phi) is 27.0. The van der Waals surface area contributed by atoms with Gasteiger partial charge in [0.05, 0.1) is 59.5 Å². The normalized spacial score (nSPS) is 22.2. The van der Waals surface area contributed by atoms with E-state index in [1.807, 2.05) is 188 Å². The Balaban J connectivity index is 1.07. The molecule has 9 rings (SSSR count). The first kappa shape index (κ1) is 62.9. The zero-order chi connectivity index (χ0) is 58.2. The van der Waals surface area contributed by atoms with Crippen molar-refractivity contribution in [1.29, 1.82) is 0 Å². The highest BCUT2D eigenvalue weighted by Crippen LogP contribution is 2.37. The minimum Gasteiger partial charge on any atom is -0.374 e. The molecule has 448 valence electrons. The van der Waals surface area contributed by atoms with E-state index in [-0.39, 0.29) is 46.2 Å². The Bertz CT molecular complexity index is 2900. The average molecular weight is 1150 g/mol. The van der Waals surface area contributed by atoms with Crippen molar-refractivity contribution in [2.75, 3.05) is 26.4 Å². The van der Waals surface area contributed by atoms with Gasteiger partial charge in [-0.3, -0.25) is 0 Å². The minimum atomic E-state index is -1.11. The summed E-state index contributed by atoms with van der Waals surface area (Å²) < 4.78 is 78.1. The van der Waals surface area contributed by atoms with Crippen LogP contribution in [-0.4, -0.2) is 87.8 Å². The molecule has 0 N–H and O–H groups in total. The fourth-order valence-electron chi connectivity index (χ4n) is 10.7. The smallest absolute Gasteiger partial charge is 0.187 e. The number of unbranched alkanes of at least 4 members (excludes halogenated alkanes) is 7. The lowest BCUT2D eigenvalue weighted by atomic mass is 9.95. The number of rotatable bonds is 37. The molecule has 0 radical (unpaired) electrons. The Morgan fingerprint density at radius 2 is 0.624 bits per heavy atom. The molecule has 14 heteroatoms. The molecule has 2 fully saturated rings. The van der Waals surface area contributed by atoms with E-state index in [1.54, 1.807) is 0 Å². The topological polar surface area (TPSA) is 150 Å². The fourth-order valence-corrected chi connectivity index (χ4v) is 10.7. The standard InChI is InChI=1S/C71H83N3O11/c72-74-73-44-28-5-3-1-2-4-6-29-45-77-70-68(81-51-60-40-24-12-25-41-60)67(80-50-59-38-22-11-23-39-59)65(63(83-70)54-76-47-56-32-16-8-17-33-56)85-71-69(82-52-61-42-26-13-27-43-61)66(79-49-58-36-20-10-21-37-58)64(78-48-57-34-18-9-19-35-57)62(84-71)53-75-46-55-30-14-7-15-31-55/h7-27,30-43,62-71H,1-6,28-29,44-54H2/t62-,63-,64+,65+,66+,67+,68-,69-,70-,71-/m1/s1. The Morgan fingerprint density at radius 1 is 0.318 bits per heavy atom. The van der Waals surface area contributed by atoms with Gasteiger partial charge in [0.2, 0.25) is 0 Å². The quantitative estimate of drug-likeness (QED) is 0.0158. The maximum Gasteiger partial charge on any atom is 0.187 e. The molecule has 10 atom stereocenters. The van der Waals surface area contributed by atoms with Gasteiger partial charge in [-0.05, 0) is 57.3 Å². The summed E-state index contributed by atoms with van der Waals surface area (Å²) in [5.74, 6) is 0. The molecule has 85 heavy (non-hydrogen) atoms. The lowest BCUT2D eigenvalue weighted by Crippen LogP contribution is -2.66. The van der Waals surface area contributed by atoms with Gasteiger partial charge in [0.15, 0.2) is 12.6 Å². The van der Waals surface area contributed by atoms with E-state index in [9.17, 15) is 0 Å². The third kappa shape index (κ3) is 21.1. The number of hydrogen-bond donors (Lipinski definition) is 0. The predicted octanol–water partition coefficient (Wildman–Crippen LogP) is 14.6. The van der Waals surface area contributed by atoms with Crippen molar-refractivity contribution in [1.82, 2.24) is 0 Å². The highest BCUT2D eigenvalue weighted by Gasteiger charge is 2.55. The third-order valence-electron chi connectivity index (χ3n) is 15.2. The van der Waals surface area contributed by atoms with Gasteiger partial charge in [0.1, 0.15) is 48.8 Å². The van der Waals surface area contributed by atoms with Gasteiger partial charge in [0, 0.05) is 18.1 Å². The summed E-state index contributed by atoms with van der Waals surface area (Å²) in [7, 11) is 0. The fraction of sp³-hybridized carbons (Fsp3) is 0.408. The highest BCUT2D eigenvalue weighted by molar-refractivity contribution is 5.19. The molecule has 2 aliphatic heterocycles. The average Bonchev–Trinajstić information content (AvgIpc) is 2.24. The summed E-state index contributed by atoms with van der Waals surface area (Å²) in [4.78, 5) is 2.88. The molecular formula is C71H83N3O11. The molecule has 0 amide bonds. The van der Waals surface area contributed by atoms with Gasteiger partial charge in [-0.1, -0.05) is 256 Å². The maximum absolute atomic E-state index is 8.63. The van der Waals surface area contributed by atoms with E-state index in [0.717, 1.165) is 90.3 Å². The lowest BCUT2D eigenvalue weighted by molar-refractivity contribution is -0.377. The first-order valence-corrected chi connectivity index (χ1v) is 30.3. The van der Waals surface area contributed by atoms with Crippen molar-refractivity contribution in [3.63, 3.8) is 0 Å². The maximum atomic E-state index is 8.63. The van der Waals surface area contributed by atoms with Gasteiger partial charge in [0.25, 0.3) is 0 Å². The monoisotopic (exact) mass is 1150 g/mol. The second-order valence-corrected chi connectivity index (χ2v) is 21.6. The first-order chi connectivity index (χ1) is 42.2. The van der Waals surface area contributed by atoms with Gasteiger partial charge in [-0.2, -0.15) is 0 Å². The molecular weight excluding hydrogens is 1070 g/mol. The van der Waals surface area contributed by atoms with Crippen molar-refractivity contribution >= 4 is 0 Å². The van der Waals surface area contributed by atoms with Crippen molar-refractivity contribution in [3.05, 3.63) is 262 Å². The molecule has 0 spiro atoms. The van der Waals surface area contributed by atoms with E-state index in [4.69, 9.17) is 57.6 Å². The van der Waals surface area contributed by atoms with E-state index in [2.05, 4.69) is 34.3 Å². The summed E-state index contributed by atoms with van der Waals surface area (Å²) in [6.45, 7) is 3.16. The summed E-state index contributed by atoms with van der Waals surface area (Å²) in [6.07, 6.45) is -0.0806. The van der Waals surface area contributed by atoms with Crippen LogP contribution in [0, 0.1) is 0 Å². The largest absolute Gasteiger partial charge is 0.374 e. The second-order valence-electron chi connectivity index (χ2n) is 21.6. The van der Waals surface area contributed by atoms with Crippen molar-refractivity contribution in [2.24, 2.45) is 5.11 Å². The van der Waals surface area contributed by atoms with E-state index < -0.39 is 61.4 Å². The number of nitrogens with zero attached hydrogens (tertiary/aromatic N) is 3. The summed E-state index contributed by atoms with van der Waals surface area (Å²) in [5, 5.41) is 3.68. The van der Waals surface area contributed by atoms with Crippen LogP contribution >= 0.6 is 0 Å². The minimum absolute atomic E-state index is 0.113. The second kappa shape index (κ2) is 36.4. The lowest BCUT2D eigenvalue weighted by Gasteiger charge is -2.50. The van der Waals surface area contributed by atoms with E-state index in [1.165, 1.54) is 0 Å². The molecule has 0 bridgehead atoms. The molecule has 0 saturated carbocycles. The molecule has 2 aliphatic rings. The number of ether oxygens (including phenoxy) is 11. The van der Waals surface area contributed by atoms with Crippen LogP contribution in [0.3, 0.4) is 0 Å².